The van der Waals surface area contributed by atoms with Gasteiger partial charge in [0.15, 0.2) is 11.0 Å². The van der Waals surface area contributed by atoms with Crippen LogP contribution in [-0.4, -0.2) is 24.1 Å². The molecular weight excluding hydrogens is 470 g/mol. The molecule has 3 aromatic carbocycles. The van der Waals surface area contributed by atoms with Gasteiger partial charge in [-0.1, -0.05) is 36.4 Å². The van der Waals surface area contributed by atoms with Crippen molar-refractivity contribution >= 4 is 28.5 Å². The van der Waals surface area contributed by atoms with Crippen LogP contribution in [-0.2, 0) is 11.2 Å². The monoisotopic (exact) mass is 499 g/mol. The zero-order valence-corrected chi connectivity index (χ0v) is 21.1. The number of anilines is 1. The molecule has 0 saturated heterocycles. The molecule has 37 heavy (non-hydrogen) atoms. The average Bonchev–Trinajstić information content (AvgIpc) is 2.87. The molecule has 0 aliphatic rings. The van der Waals surface area contributed by atoms with Gasteiger partial charge in [-0.15, -0.1) is 0 Å². The number of nitrogens with one attached hydrogen (secondary N) is 1. The topological polar surface area (TPSA) is 94.8 Å². The van der Waals surface area contributed by atoms with Gasteiger partial charge in [-0.25, -0.2) is 4.79 Å². The zero-order chi connectivity index (χ0) is 26.4. The molecule has 0 saturated carbocycles. The minimum Gasteiger partial charge on any atom is -0.494 e. The normalized spacial score (nSPS) is 11.2. The lowest BCUT2D eigenvalue weighted by Crippen LogP contribution is -2.24. The van der Waals surface area contributed by atoms with Crippen LogP contribution in [0.5, 0.6) is 5.75 Å². The fourth-order valence-electron chi connectivity index (χ4n) is 3.71. The second-order valence-corrected chi connectivity index (χ2v) is 9.58. The Bertz CT molecular complexity index is 1450. The van der Waals surface area contributed by atoms with E-state index >= 15 is 0 Å². The fourth-order valence-corrected chi connectivity index (χ4v) is 3.71. The SMILES string of the molecule is CC(C)(C)OC(=O)c1cc(=O)c2cccc(NC(=O)c3ccc(OCCCc4ccccc4)cc3)c2o1. The number of amides is 1. The third kappa shape index (κ3) is 6.85. The van der Waals surface area contributed by atoms with Crippen molar-refractivity contribution in [1.82, 2.24) is 0 Å². The second kappa shape index (κ2) is 11.1. The first-order valence-electron chi connectivity index (χ1n) is 12.1. The molecule has 0 aliphatic heterocycles. The molecule has 0 fully saturated rings. The first-order valence-corrected chi connectivity index (χ1v) is 12.1. The highest BCUT2D eigenvalue weighted by Crippen LogP contribution is 2.24. The molecule has 7 nitrogen and oxygen atoms in total. The highest BCUT2D eigenvalue weighted by Gasteiger charge is 2.22. The van der Waals surface area contributed by atoms with Gasteiger partial charge in [-0.05, 0) is 75.6 Å². The molecule has 190 valence electrons. The Kier molecular flexibility index (Phi) is 7.72. The molecule has 4 aromatic rings. The number of esters is 1. The van der Waals surface area contributed by atoms with Crippen molar-refractivity contribution in [3.63, 3.8) is 0 Å². The van der Waals surface area contributed by atoms with Crippen molar-refractivity contribution < 1.29 is 23.5 Å². The summed E-state index contributed by atoms with van der Waals surface area (Å²) in [6.07, 6.45) is 1.81. The van der Waals surface area contributed by atoms with Crippen molar-refractivity contribution in [2.24, 2.45) is 0 Å². The summed E-state index contributed by atoms with van der Waals surface area (Å²) in [4.78, 5) is 38.0. The van der Waals surface area contributed by atoms with Gasteiger partial charge in [0.1, 0.15) is 11.4 Å². The van der Waals surface area contributed by atoms with Gasteiger partial charge in [0.2, 0.25) is 5.76 Å². The summed E-state index contributed by atoms with van der Waals surface area (Å²) >= 11 is 0. The van der Waals surface area contributed by atoms with Crippen LogP contribution in [0.3, 0.4) is 0 Å². The predicted octanol–water partition coefficient (Wildman–Crippen LogP) is 6.01. The molecule has 1 N–H and O–H groups in total. The maximum Gasteiger partial charge on any atom is 0.374 e. The quantitative estimate of drug-likeness (QED) is 0.236. The highest BCUT2D eigenvalue weighted by atomic mass is 16.6. The van der Waals surface area contributed by atoms with Crippen molar-refractivity contribution in [2.45, 2.75) is 39.2 Å². The van der Waals surface area contributed by atoms with Gasteiger partial charge in [-0.3, -0.25) is 9.59 Å². The van der Waals surface area contributed by atoms with Crippen LogP contribution in [0.2, 0.25) is 0 Å². The molecule has 1 heterocycles. The Morgan fingerprint density at radius 2 is 1.65 bits per heavy atom. The molecule has 7 heteroatoms. The maximum atomic E-state index is 12.9. The summed E-state index contributed by atoms with van der Waals surface area (Å²) in [6, 6.07) is 22.9. The van der Waals surface area contributed by atoms with E-state index in [1.807, 2.05) is 18.2 Å². The Labute approximate surface area is 215 Å². The third-order valence-corrected chi connectivity index (χ3v) is 5.44. The Morgan fingerprint density at radius 3 is 2.35 bits per heavy atom. The number of ether oxygens (including phenoxy) is 2. The number of fused-ring (bicyclic) bond motifs is 1. The first-order chi connectivity index (χ1) is 17.7. The summed E-state index contributed by atoms with van der Waals surface area (Å²) in [5.41, 5.74) is 0.872. The largest absolute Gasteiger partial charge is 0.494 e. The standard InChI is InChI=1S/C30H29NO6/c1-30(2,3)37-29(34)26-19-25(32)23-12-7-13-24(27(23)36-26)31-28(33)21-14-16-22(17-15-21)35-18-8-11-20-9-5-4-6-10-20/h4-7,9-10,12-17,19H,8,11,18H2,1-3H3,(H,31,33). The van der Waals surface area contributed by atoms with Gasteiger partial charge in [0, 0.05) is 11.6 Å². The summed E-state index contributed by atoms with van der Waals surface area (Å²) in [6.45, 7) is 5.72. The number of aryl methyl sites for hydroxylation is 1. The molecule has 1 amide bonds. The fraction of sp³-hybridized carbons (Fsp3) is 0.233. The lowest BCUT2D eigenvalue weighted by molar-refractivity contribution is 0.00364. The third-order valence-electron chi connectivity index (χ3n) is 5.44. The van der Waals surface area contributed by atoms with E-state index in [2.05, 4.69) is 17.4 Å². The van der Waals surface area contributed by atoms with Crippen LogP contribution >= 0.6 is 0 Å². The van der Waals surface area contributed by atoms with Crippen LogP contribution in [0.25, 0.3) is 11.0 Å². The van der Waals surface area contributed by atoms with Crippen LogP contribution in [0.4, 0.5) is 5.69 Å². The smallest absolute Gasteiger partial charge is 0.374 e. The van der Waals surface area contributed by atoms with E-state index in [9.17, 15) is 14.4 Å². The van der Waals surface area contributed by atoms with E-state index in [-0.39, 0.29) is 22.4 Å². The van der Waals surface area contributed by atoms with Crippen molar-refractivity contribution in [3.05, 3.63) is 106 Å². The Hall–Kier alpha value is -4.39. The van der Waals surface area contributed by atoms with E-state index in [0.29, 0.717) is 17.9 Å². The minimum atomic E-state index is -0.757. The van der Waals surface area contributed by atoms with Gasteiger partial charge >= 0.3 is 5.97 Å². The summed E-state index contributed by atoms with van der Waals surface area (Å²) < 4.78 is 16.8. The summed E-state index contributed by atoms with van der Waals surface area (Å²) in [5.74, 6) is -0.717. The molecule has 0 bridgehead atoms. The molecule has 0 atom stereocenters. The van der Waals surface area contributed by atoms with Gasteiger partial charge < -0.3 is 19.2 Å². The second-order valence-electron chi connectivity index (χ2n) is 9.58. The van der Waals surface area contributed by atoms with E-state index in [0.717, 1.165) is 18.9 Å². The van der Waals surface area contributed by atoms with Crippen LogP contribution in [0.15, 0.2) is 88.1 Å². The predicted molar refractivity (Wildman–Crippen MR) is 142 cm³/mol. The van der Waals surface area contributed by atoms with Gasteiger partial charge in [0.05, 0.1) is 17.7 Å². The van der Waals surface area contributed by atoms with E-state index in [4.69, 9.17) is 13.9 Å². The van der Waals surface area contributed by atoms with E-state index in [1.165, 1.54) is 5.56 Å². The molecule has 0 spiro atoms. The number of hydrogen-bond donors (Lipinski definition) is 1. The number of hydrogen-bond acceptors (Lipinski definition) is 6. The average molecular weight is 500 g/mol. The first kappa shape index (κ1) is 25.7. The zero-order valence-electron chi connectivity index (χ0n) is 21.1. The lowest BCUT2D eigenvalue weighted by Gasteiger charge is -2.19. The molecule has 0 radical (unpaired) electrons. The Balaban J connectivity index is 1.43. The Morgan fingerprint density at radius 1 is 0.919 bits per heavy atom. The number of para-hydroxylation sites is 1. The molecule has 0 unspecified atom stereocenters. The maximum absolute atomic E-state index is 12.9. The van der Waals surface area contributed by atoms with Crippen LogP contribution in [0, 0.1) is 0 Å². The number of rotatable bonds is 8. The number of carbonyl (C=O) groups excluding carboxylic acids is 2. The minimum absolute atomic E-state index is 0.0996. The van der Waals surface area contributed by atoms with Crippen molar-refractivity contribution in [1.29, 1.82) is 0 Å². The van der Waals surface area contributed by atoms with Crippen LogP contribution in [0.1, 0.15) is 53.7 Å². The van der Waals surface area contributed by atoms with E-state index < -0.39 is 22.9 Å². The van der Waals surface area contributed by atoms with E-state index in [1.54, 1.807) is 63.2 Å². The van der Waals surface area contributed by atoms with Crippen molar-refractivity contribution in [2.75, 3.05) is 11.9 Å². The molecule has 4 rings (SSSR count). The van der Waals surface area contributed by atoms with Crippen molar-refractivity contribution in [3.8, 4) is 5.75 Å². The van der Waals surface area contributed by atoms with Gasteiger partial charge in [-0.2, -0.15) is 0 Å². The highest BCUT2D eigenvalue weighted by molar-refractivity contribution is 6.08. The molecular formula is C30H29NO6. The lowest BCUT2D eigenvalue weighted by atomic mass is 10.1. The van der Waals surface area contributed by atoms with Gasteiger partial charge in [0.25, 0.3) is 5.91 Å². The number of benzene rings is 3. The number of carbonyl (C=O) groups is 2. The molecule has 1 aromatic heterocycles. The summed E-state index contributed by atoms with van der Waals surface area (Å²) in [5, 5.41) is 3.01. The molecule has 0 aliphatic carbocycles. The summed E-state index contributed by atoms with van der Waals surface area (Å²) in [7, 11) is 0. The van der Waals surface area contributed by atoms with Crippen LogP contribution < -0.4 is 15.5 Å².